The van der Waals surface area contributed by atoms with Crippen LogP contribution in [0.1, 0.15) is 16.0 Å². The number of benzene rings is 2. The van der Waals surface area contributed by atoms with Crippen molar-refractivity contribution in [3.63, 3.8) is 0 Å². The van der Waals surface area contributed by atoms with E-state index < -0.39 is 0 Å². The number of fused-ring (bicyclic) bond motifs is 4. The number of nitrogens with zero attached hydrogens (tertiary/aromatic N) is 3. The molecule has 0 radical (unpaired) electrons. The summed E-state index contributed by atoms with van der Waals surface area (Å²) in [4.78, 5) is 18.4. The van der Waals surface area contributed by atoms with Crippen LogP contribution in [-0.4, -0.2) is 14.5 Å². The molecule has 0 saturated heterocycles. The molecule has 5 nitrogen and oxygen atoms in total. The minimum absolute atomic E-state index is 0.147. The Morgan fingerprint density at radius 3 is 2.71 bits per heavy atom. The van der Waals surface area contributed by atoms with E-state index in [0.29, 0.717) is 37.9 Å². The molecule has 2 aromatic carbocycles. The van der Waals surface area contributed by atoms with Gasteiger partial charge in [-0.3, -0.25) is 9.20 Å². The Bertz CT molecular complexity index is 1570. The molecule has 28 heavy (non-hydrogen) atoms. The van der Waals surface area contributed by atoms with Crippen molar-refractivity contribution in [2.75, 3.05) is 0 Å². The third kappa shape index (κ3) is 2.17. The second-order valence-electron chi connectivity index (χ2n) is 6.55. The molecule has 134 valence electrons. The summed E-state index contributed by atoms with van der Waals surface area (Å²) < 4.78 is 2.42. The van der Waals surface area contributed by atoms with Crippen molar-refractivity contribution in [1.82, 2.24) is 9.38 Å². The lowest BCUT2D eigenvalue weighted by Gasteiger charge is -2.02. The molecule has 0 amide bonds. The molecule has 0 aliphatic heterocycles. The lowest BCUT2D eigenvalue weighted by Crippen LogP contribution is -2.34. The van der Waals surface area contributed by atoms with Gasteiger partial charge in [0.05, 0.1) is 21.5 Å². The average molecular weight is 383 g/mol. The third-order valence-corrected chi connectivity index (χ3v) is 6.09. The maximum atomic E-state index is 13.3. The van der Waals surface area contributed by atoms with Gasteiger partial charge in [0.25, 0.3) is 5.56 Å². The number of rotatable bonds is 1. The van der Waals surface area contributed by atoms with Gasteiger partial charge in [0, 0.05) is 15.3 Å². The standard InChI is InChI=1S/C22H13N3O2S/c1-12-14(10-19-20(26)13-6-2-5-9-18(13)28-19)22(27)25-17-8-4-3-7-16(17)24-21(25)15(12)11-23/h2-10,26H,1H3/b14-10+. The summed E-state index contributed by atoms with van der Waals surface area (Å²) in [6.07, 6.45) is 1.67. The van der Waals surface area contributed by atoms with Crippen LogP contribution in [0.25, 0.3) is 32.8 Å². The Morgan fingerprint density at radius 1 is 1.18 bits per heavy atom. The molecule has 0 unspecified atom stereocenters. The van der Waals surface area contributed by atoms with E-state index in [1.807, 2.05) is 48.5 Å². The second kappa shape index (κ2) is 5.91. The van der Waals surface area contributed by atoms with E-state index in [0.717, 1.165) is 10.1 Å². The van der Waals surface area contributed by atoms with Gasteiger partial charge in [-0.1, -0.05) is 24.3 Å². The molecule has 0 aliphatic rings. The van der Waals surface area contributed by atoms with Crippen LogP contribution in [0.4, 0.5) is 0 Å². The fourth-order valence-corrected chi connectivity index (χ4v) is 4.61. The molecule has 0 fully saturated rings. The topological polar surface area (TPSA) is 78.4 Å². The van der Waals surface area contributed by atoms with Crippen LogP contribution in [0, 0.1) is 18.3 Å². The van der Waals surface area contributed by atoms with Crippen molar-refractivity contribution < 1.29 is 5.11 Å². The number of imidazole rings is 1. The smallest absolute Gasteiger partial charge is 0.264 e. The Morgan fingerprint density at radius 2 is 1.93 bits per heavy atom. The minimum atomic E-state index is -0.253. The fraction of sp³-hybridized carbons (Fsp3) is 0.0455. The van der Waals surface area contributed by atoms with Gasteiger partial charge in [-0.15, -0.1) is 11.3 Å². The number of pyridine rings is 1. The summed E-state index contributed by atoms with van der Waals surface area (Å²) in [6, 6.07) is 17.0. The number of hydrogen-bond acceptors (Lipinski definition) is 5. The number of aromatic hydroxyl groups is 1. The SMILES string of the molecule is Cc1c(C#N)c2nc3ccccc3n2c(=O)/c1=C/c1sc2ccccc2c1O. The summed E-state index contributed by atoms with van der Waals surface area (Å²) >= 11 is 1.41. The molecule has 6 heteroatoms. The first-order chi connectivity index (χ1) is 13.6. The Hall–Kier alpha value is -3.69. The monoisotopic (exact) mass is 383 g/mol. The van der Waals surface area contributed by atoms with Crippen LogP contribution in [0.3, 0.4) is 0 Å². The highest BCUT2D eigenvalue weighted by Crippen LogP contribution is 2.37. The molecule has 5 rings (SSSR count). The van der Waals surface area contributed by atoms with Crippen LogP contribution in [0.15, 0.2) is 53.3 Å². The predicted molar refractivity (Wildman–Crippen MR) is 111 cm³/mol. The Kier molecular flexibility index (Phi) is 3.48. The van der Waals surface area contributed by atoms with Gasteiger partial charge in [-0.05, 0) is 42.8 Å². The first-order valence-corrected chi connectivity index (χ1v) is 9.48. The highest BCUT2D eigenvalue weighted by Gasteiger charge is 2.17. The van der Waals surface area contributed by atoms with E-state index in [1.165, 1.54) is 15.7 Å². The van der Waals surface area contributed by atoms with Crippen molar-refractivity contribution in [2.45, 2.75) is 6.92 Å². The molecule has 3 aromatic heterocycles. The number of thiophene rings is 1. The molecule has 0 spiro atoms. The zero-order valence-corrected chi connectivity index (χ0v) is 15.6. The summed E-state index contributed by atoms with van der Waals surface area (Å²) in [6.45, 7) is 1.75. The van der Waals surface area contributed by atoms with Gasteiger partial charge in [-0.25, -0.2) is 4.98 Å². The Balaban J connectivity index is 1.95. The van der Waals surface area contributed by atoms with E-state index in [2.05, 4.69) is 11.1 Å². The first kappa shape index (κ1) is 16.5. The molecular formula is C22H13N3O2S. The van der Waals surface area contributed by atoms with Crippen molar-refractivity contribution in [3.8, 4) is 11.8 Å². The maximum absolute atomic E-state index is 13.3. The van der Waals surface area contributed by atoms with Crippen LogP contribution >= 0.6 is 11.3 Å². The van der Waals surface area contributed by atoms with E-state index >= 15 is 0 Å². The minimum Gasteiger partial charge on any atom is -0.506 e. The highest BCUT2D eigenvalue weighted by atomic mass is 32.1. The van der Waals surface area contributed by atoms with Crippen molar-refractivity contribution in [2.24, 2.45) is 0 Å². The summed E-state index contributed by atoms with van der Waals surface area (Å²) in [5.41, 5.74) is 2.36. The molecule has 1 N–H and O–H groups in total. The van der Waals surface area contributed by atoms with Gasteiger partial charge < -0.3 is 5.11 Å². The van der Waals surface area contributed by atoms with Crippen molar-refractivity contribution >= 4 is 44.2 Å². The lowest BCUT2D eigenvalue weighted by atomic mass is 10.1. The second-order valence-corrected chi connectivity index (χ2v) is 7.63. The summed E-state index contributed by atoms with van der Waals surface area (Å²) in [5, 5.41) is 21.5. The third-order valence-electron chi connectivity index (χ3n) is 4.98. The van der Waals surface area contributed by atoms with Crippen molar-refractivity contribution in [3.05, 3.63) is 80.1 Å². The maximum Gasteiger partial charge on any atom is 0.264 e. The fourth-order valence-electron chi connectivity index (χ4n) is 3.57. The normalized spacial score (nSPS) is 12.2. The van der Waals surface area contributed by atoms with Crippen LogP contribution < -0.4 is 10.8 Å². The quantitative estimate of drug-likeness (QED) is 0.481. The van der Waals surface area contributed by atoms with Gasteiger partial charge >= 0.3 is 0 Å². The largest absolute Gasteiger partial charge is 0.506 e. The zero-order valence-electron chi connectivity index (χ0n) is 14.8. The molecule has 0 bridgehead atoms. The lowest BCUT2D eigenvalue weighted by molar-refractivity contribution is 0.482. The van der Waals surface area contributed by atoms with E-state index in [4.69, 9.17) is 0 Å². The molecule has 0 saturated carbocycles. The van der Waals surface area contributed by atoms with Crippen LogP contribution in [-0.2, 0) is 0 Å². The summed E-state index contributed by atoms with van der Waals surface area (Å²) in [7, 11) is 0. The average Bonchev–Trinajstić information content (AvgIpc) is 3.24. The van der Waals surface area contributed by atoms with Gasteiger partial charge in [0.2, 0.25) is 0 Å². The number of nitriles is 1. The number of aromatic nitrogens is 2. The number of para-hydroxylation sites is 2. The van der Waals surface area contributed by atoms with Crippen molar-refractivity contribution in [1.29, 1.82) is 5.26 Å². The van der Waals surface area contributed by atoms with Gasteiger partial charge in [-0.2, -0.15) is 5.26 Å². The van der Waals surface area contributed by atoms with E-state index in [-0.39, 0.29) is 11.3 Å². The molecule has 3 heterocycles. The highest BCUT2D eigenvalue weighted by molar-refractivity contribution is 7.20. The van der Waals surface area contributed by atoms with Crippen LogP contribution in [0.2, 0.25) is 0 Å². The first-order valence-electron chi connectivity index (χ1n) is 8.66. The van der Waals surface area contributed by atoms with E-state index in [9.17, 15) is 15.2 Å². The molecule has 0 atom stereocenters. The zero-order chi connectivity index (χ0) is 19.4. The molecule has 0 aliphatic carbocycles. The molecular weight excluding hydrogens is 370 g/mol. The van der Waals surface area contributed by atoms with Gasteiger partial charge in [0.1, 0.15) is 11.8 Å². The Labute approximate surface area is 163 Å². The summed E-state index contributed by atoms with van der Waals surface area (Å²) in [5.74, 6) is 0.147. The molecule has 5 aromatic rings. The van der Waals surface area contributed by atoms with Gasteiger partial charge in [0.15, 0.2) is 5.65 Å². The predicted octanol–water partition coefficient (Wildman–Crippen LogP) is 3.50. The number of hydrogen-bond donors (Lipinski definition) is 1. The van der Waals surface area contributed by atoms with E-state index in [1.54, 1.807) is 13.0 Å². The van der Waals surface area contributed by atoms with Crippen LogP contribution in [0.5, 0.6) is 5.75 Å².